The predicted molar refractivity (Wildman–Crippen MR) is 105 cm³/mol. The molecule has 0 radical (unpaired) electrons. The van der Waals surface area contributed by atoms with Crippen LogP contribution in [0, 0.1) is 0 Å². The Balaban J connectivity index is 1.73. The Labute approximate surface area is 168 Å². The zero-order valence-corrected chi connectivity index (χ0v) is 16.8. The lowest BCUT2D eigenvalue weighted by Crippen LogP contribution is -2.27. The van der Waals surface area contributed by atoms with E-state index < -0.39 is 12.8 Å². The molecule has 28 heavy (non-hydrogen) atoms. The molecule has 2 heterocycles. The van der Waals surface area contributed by atoms with Gasteiger partial charge in [0.1, 0.15) is 12.4 Å². The maximum Gasteiger partial charge on any atom is 0.411 e. The Hall–Kier alpha value is -1.57. The van der Waals surface area contributed by atoms with E-state index in [1.165, 1.54) is 31.2 Å². The fourth-order valence-corrected chi connectivity index (χ4v) is 4.61. The largest absolute Gasteiger partial charge is 0.496 e. The molecule has 7 heteroatoms. The lowest BCUT2D eigenvalue weighted by Gasteiger charge is -2.29. The van der Waals surface area contributed by atoms with Crippen LogP contribution in [0.4, 0.5) is 13.2 Å². The maximum atomic E-state index is 12.4. The molecule has 0 amide bonds. The molecule has 1 fully saturated rings. The lowest BCUT2D eigenvalue weighted by molar-refractivity contribution is -0.176. The van der Waals surface area contributed by atoms with Crippen molar-refractivity contribution < 1.29 is 22.6 Å². The minimum absolute atomic E-state index is 0.120. The Morgan fingerprint density at radius 2 is 2.04 bits per heavy atom. The number of thiophene rings is 1. The minimum Gasteiger partial charge on any atom is -0.496 e. The highest BCUT2D eigenvalue weighted by Crippen LogP contribution is 2.34. The van der Waals surface area contributed by atoms with Gasteiger partial charge >= 0.3 is 6.18 Å². The molecule has 1 aliphatic heterocycles. The summed E-state index contributed by atoms with van der Waals surface area (Å²) in [4.78, 5) is 3.87. The topological polar surface area (TPSA) is 21.7 Å². The molecule has 1 aromatic heterocycles. The number of likely N-dealkylation sites (tertiary alicyclic amines) is 1. The second-order valence-electron chi connectivity index (χ2n) is 7.11. The summed E-state index contributed by atoms with van der Waals surface area (Å²) in [6.45, 7) is 0.408. The summed E-state index contributed by atoms with van der Waals surface area (Å²) in [5, 5.41) is 2.11. The van der Waals surface area contributed by atoms with Crippen LogP contribution < -0.4 is 4.74 Å². The van der Waals surface area contributed by atoms with Crippen molar-refractivity contribution in [1.82, 2.24) is 4.90 Å². The van der Waals surface area contributed by atoms with E-state index in [0.29, 0.717) is 17.4 Å². The number of hydrogen-bond donors (Lipinski definition) is 0. The second kappa shape index (κ2) is 9.76. The van der Waals surface area contributed by atoms with Crippen LogP contribution >= 0.6 is 11.3 Å². The van der Waals surface area contributed by atoms with E-state index in [9.17, 15) is 13.2 Å². The normalized spacial score (nSPS) is 18.8. The van der Waals surface area contributed by atoms with E-state index >= 15 is 0 Å². The molecule has 0 aliphatic carbocycles. The van der Waals surface area contributed by atoms with Crippen molar-refractivity contribution in [3.63, 3.8) is 0 Å². The molecule has 1 saturated heterocycles. The van der Waals surface area contributed by atoms with E-state index in [-0.39, 0.29) is 6.61 Å². The first-order valence-electron chi connectivity index (χ1n) is 9.54. The molecule has 0 N–H and O–H groups in total. The van der Waals surface area contributed by atoms with Crippen LogP contribution in [0.15, 0.2) is 35.7 Å². The van der Waals surface area contributed by atoms with Gasteiger partial charge in [0.25, 0.3) is 0 Å². The fraction of sp³-hybridized carbons (Fsp3) is 0.524. The van der Waals surface area contributed by atoms with Gasteiger partial charge in [-0.1, -0.05) is 25.0 Å². The summed E-state index contributed by atoms with van der Waals surface area (Å²) < 4.78 is 47.3. The van der Waals surface area contributed by atoms with Gasteiger partial charge in [0, 0.05) is 23.0 Å². The van der Waals surface area contributed by atoms with Gasteiger partial charge in [-0.15, -0.1) is 11.3 Å². The van der Waals surface area contributed by atoms with Crippen LogP contribution in [0.25, 0.3) is 0 Å². The molecule has 3 nitrogen and oxygen atoms in total. The molecule has 1 aromatic carbocycles. The average molecular weight is 414 g/mol. The first-order chi connectivity index (χ1) is 13.5. The molecule has 1 aliphatic rings. The molecule has 1 atom stereocenters. The highest BCUT2D eigenvalue weighted by molar-refractivity contribution is 7.10. The predicted octanol–water partition coefficient (Wildman–Crippen LogP) is 5.95. The van der Waals surface area contributed by atoms with Crippen molar-refractivity contribution in [2.45, 2.75) is 51.1 Å². The summed E-state index contributed by atoms with van der Waals surface area (Å²) in [6, 6.07) is 10.4. The average Bonchev–Trinajstić information content (AvgIpc) is 3.08. The smallest absolute Gasteiger partial charge is 0.411 e. The lowest BCUT2D eigenvalue weighted by atomic mass is 10.1. The molecule has 154 valence electrons. The van der Waals surface area contributed by atoms with Crippen LogP contribution in [-0.4, -0.2) is 31.3 Å². The van der Waals surface area contributed by atoms with E-state index in [1.54, 1.807) is 11.3 Å². The second-order valence-corrected chi connectivity index (χ2v) is 8.08. The number of methoxy groups -OCH3 is 1. The third kappa shape index (κ3) is 5.96. The van der Waals surface area contributed by atoms with Gasteiger partial charge in [0.05, 0.1) is 13.7 Å². The fourth-order valence-electron chi connectivity index (χ4n) is 3.71. The summed E-state index contributed by atoms with van der Waals surface area (Å²) in [7, 11) is 1.52. The standard InChI is InChI=1S/C21H26F3NO2S/c1-26-19-9-8-16(12-17(19)14-27-15-21(22,23)24)13-25-10-4-2-3-6-18(25)20-7-5-11-28-20/h5,7-9,11-12,18H,2-4,6,10,13-15H2,1H3. The van der Waals surface area contributed by atoms with Crippen molar-refractivity contribution in [2.24, 2.45) is 0 Å². The summed E-state index contributed by atoms with van der Waals surface area (Å²) in [6.07, 6.45) is 0.429. The van der Waals surface area contributed by atoms with Gasteiger partial charge in [0.2, 0.25) is 0 Å². The van der Waals surface area contributed by atoms with Crippen LogP contribution in [0.3, 0.4) is 0 Å². The highest BCUT2D eigenvalue weighted by Gasteiger charge is 2.28. The Bertz CT molecular complexity index is 734. The van der Waals surface area contributed by atoms with Gasteiger partial charge in [-0.3, -0.25) is 4.90 Å². The number of alkyl halides is 3. The van der Waals surface area contributed by atoms with Crippen molar-refractivity contribution in [2.75, 3.05) is 20.3 Å². The maximum absolute atomic E-state index is 12.4. The van der Waals surface area contributed by atoms with Crippen LogP contribution in [0.1, 0.15) is 47.7 Å². The number of hydrogen-bond acceptors (Lipinski definition) is 4. The quantitative estimate of drug-likeness (QED) is 0.560. The zero-order valence-electron chi connectivity index (χ0n) is 16.0. The van der Waals surface area contributed by atoms with E-state index in [2.05, 4.69) is 22.4 Å². The SMILES string of the molecule is COc1ccc(CN2CCCCCC2c2cccs2)cc1COCC(F)(F)F. The third-order valence-corrected chi connectivity index (χ3v) is 5.96. The van der Waals surface area contributed by atoms with Gasteiger partial charge in [-0.2, -0.15) is 13.2 Å². The van der Waals surface area contributed by atoms with E-state index in [4.69, 9.17) is 9.47 Å². The summed E-state index contributed by atoms with van der Waals surface area (Å²) >= 11 is 1.79. The van der Waals surface area contributed by atoms with Gasteiger partial charge in [-0.25, -0.2) is 0 Å². The molecule has 3 rings (SSSR count). The van der Waals surface area contributed by atoms with Gasteiger partial charge < -0.3 is 9.47 Å². The van der Waals surface area contributed by atoms with Crippen LogP contribution in [-0.2, 0) is 17.9 Å². The molecule has 0 saturated carbocycles. The number of nitrogens with zero attached hydrogens (tertiary/aromatic N) is 1. The van der Waals surface area contributed by atoms with E-state index in [0.717, 1.165) is 25.1 Å². The Morgan fingerprint density at radius 3 is 2.75 bits per heavy atom. The first kappa shape index (κ1) is 21.1. The molecular weight excluding hydrogens is 387 g/mol. The number of halogens is 3. The van der Waals surface area contributed by atoms with Crippen molar-refractivity contribution >= 4 is 11.3 Å². The molecule has 0 bridgehead atoms. The summed E-state index contributed by atoms with van der Waals surface area (Å²) in [5.74, 6) is 0.552. The van der Waals surface area contributed by atoms with Crippen molar-refractivity contribution in [1.29, 1.82) is 0 Å². The number of ether oxygens (including phenoxy) is 2. The van der Waals surface area contributed by atoms with Gasteiger partial charge in [-0.05, 0) is 48.5 Å². The van der Waals surface area contributed by atoms with Crippen LogP contribution in [0.2, 0.25) is 0 Å². The summed E-state index contributed by atoms with van der Waals surface area (Å²) in [5.41, 5.74) is 1.71. The zero-order chi connectivity index (χ0) is 20.0. The number of benzene rings is 1. The molecule has 2 aromatic rings. The van der Waals surface area contributed by atoms with Gasteiger partial charge in [0.15, 0.2) is 0 Å². The Morgan fingerprint density at radius 1 is 1.18 bits per heavy atom. The number of rotatable bonds is 7. The van der Waals surface area contributed by atoms with Crippen molar-refractivity contribution in [3.8, 4) is 5.75 Å². The third-order valence-electron chi connectivity index (χ3n) is 4.99. The van der Waals surface area contributed by atoms with Crippen molar-refractivity contribution in [3.05, 3.63) is 51.7 Å². The minimum atomic E-state index is -4.33. The highest BCUT2D eigenvalue weighted by atomic mass is 32.1. The van der Waals surface area contributed by atoms with Crippen LogP contribution in [0.5, 0.6) is 5.75 Å². The van der Waals surface area contributed by atoms with E-state index in [1.807, 2.05) is 18.2 Å². The molecule has 1 unspecified atom stereocenters. The molecule has 0 spiro atoms. The Kier molecular flexibility index (Phi) is 7.37. The monoisotopic (exact) mass is 413 g/mol. The first-order valence-corrected chi connectivity index (χ1v) is 10.4. The molecular formula is C21H26F3NO2S.